The average molecular weight is 427 g/mol. The lowest BCUT2D eigenvalue weighted by atomic mass is 10.1. The molecule has 0 unspecified atom stereocenters. The normalized spacial score (nSPS) is 10.9. The zero-order valence-electron chi connectivity index (χ0n) is 15.4. The van der Waals surface area contributed by atoms with E-state index in [1.807, 2.05) is 0 Å². The topological polar surface area (TPSA) is 149 Å². The zero-order valence-corrected chi connectivity index (χ0v) is 15.4. The summed E-state index contributed by atoms with van der Waals surface area (Å²) in [5.74, 6) is -1.33. The number of nitro groups is 1. The summed E-state index contributed by atoms with van der Waals surface area (Å²) in [6.45, 7) is 1.15. The summed E-state index contributed by atoms with van der Waals surface area (Å²) >= 11 is 0. The number of pyridine rings is 1. The van der Waals surface area contributed by atoms with Gasteiger partial charge < -0.3 is 15.8 Å². The van der Waals surface area contributed by atoms with Crippen LogP contribution in [0.2, 0.25) is 0 Å². The molecule has 1 amide bonds. The molecule has 30 heavy (non-hydrogen) atoms. The largest absolute Gasteiger partial charge is 0.450 e. The summed E-state index contributed by atoms with van der Waals surface area (Å²) in [5, 5.41) is 16.0. The molecular weight excluding hydrogens is 411 g/mol. The third kappa shape index (κ3) is 5.56. The van der Waals surface area contributed by atoms with Crippen molar-refractivity contribution in [3.8, 4) is 0 Å². The Morgan fingerprint density at radius 3 is 2.43 bits per heavy atom. The number of alkyl halides is 3. The monoisotopic (exact) mass is 427 g/mol. The van der Waals surface area contributed by atoms with Gasteiger partial charge in [0.05, 0.1) is 23.6 Å². The third-order valence-corrected chi connectivity index (χ3v) is 3.68. The number of aromatic nitrogens is 1. The van der Waals surface area contributed by atoms with Crippen molar-refractivity contribution in [1.82, 2.24) is 4.98 Å². The molecule has 0 aliphatic rings. The van der Waals surface area contributed by atoms with Crippen LogP contribution >= 0.6 is 0 Å². The van der Waals surface area contributed by atoms with E-state index in [1.165, 1.54) is 0 Å². The van der Waals surface area contributed by atoms with Crippen LogP contribution in [0.5, 0.6) is 0 Å². The van der Waals surface area contributed by atoms with Crippen molar-refractivity contribution in [3.63, 3.8) is 0 Å². The van der Waals surface area contributed by atoms with Crippen LogP contribution in [0.3, 0.4) is 0 Å². The van der Waals surface area contributed by atoms with Crippen LogP contribution in [0, 0.1) is 10.1 Å². The number of rotatable bonds is 7. The second-order valence-corrected chi connectivity index (χ2v) is 5.74. The number of benzene rings is 1. The number of carbonyl (C=O) groups excluding carboxylic acids is 2. The Morgan fingerprint density at radius 1 is 1.27 bits per heavy atom. The average Bonchev–Trinajstić information content (AvgIpc) is 2.65. The van der Waals surface area contributed by atoms with Crippen molar-refractivity contribution in [2.75, 3.05) is 29.5 Å². The molecule has 13 heteroatoms. The fourth-order valence-electron chi connectivity index (χ4n) is 2.34. The maximum atomic E-state index is 12.6. The summed E-state index contributed by atoms with van der Waals surface area (Å²) in [4.78, 5) is 37.9. The van der Waals surface area contributed by atoms with E-state index in [0.717, 1.165) is 30.3 Å². The summed E-state index contributed by atoms with van der Waals surface area (Å²) in [6, 6.07) is 4.57. The number of anilines is 3. The van der Waals surface area contributed by atoms with Gasteiger partial charge in [0.1, 0.15) is 11.5 Å². The van der Waals surface area contributed by atoms with Gasteiger partial charge in [-0.25, -0.2) is 9.78 Å². The zero-order chi connectivity index (χ0) is 22.5. The number of nitrogen functional groups attached to an aromatic ring is 1. The van der Waals surface area contributed by atoms with Gasteiger partial charge in [0.25, 0.3) is 0 Å². The van der Waals surface area contributed by atoms with Crippen LogP contribution in [0.25, 0.3) is 0 Å². The van der Waals surface area contributed by atoms with Gasteiger partial charge in [-0.1, -0.05) is 12.1 Å². The lowest BCUT2D eigenvalue weighted by Gasteiger charge is -2.11. The molecule has 1 aromatic heterocycles. The quantitative estimate of drug-likeness (QED) is 0.345. The second kappa shape index (κ2) is 9.07. The smallest absolute Gasteiger partial charge is 0.416 e. The highest BCUT2D eigenvalue weighted by molar-refractivity contribution is 5.99. The molecule has 2 rings (SSSR count). The third-order valence-electron chi connectivity index (χ3n) is 3.68. The van der Waals surface area contributed by atoms with Crippen LogP contribution < -0.4 is 16.4 Å². The molecule has 0 aliphatic heterocycles. The number of nitrogens with two attached hydrogens (primary N) is 1. The Balaban J connectivity index is 2.21. The molecule has 0 spiro atoms. The number of hydrogen-bond acceptors (Lipinski definition) is 8. The molecule has 0 saturated carbocycles. The van der Waals surface area contributed by atoms with Gasteiger partial charge >= 0.3 is 18.0 Å². The van der Waals surface area contributed by atoms with Crippen LogP contribution in [-0.4, -0.2) is 34.9 Å². The molecule has 0 saturated heterocycles. The maximum Gasteiger partial charge on any atom is 0.416 e. The fourth-order valence-corrected chi connectivity index (χ4v) is 2.34. The predicted molar refractivity (Wildman–Crippen MR) is 100 cm³/mol. The first-order chi connectivity index (χ1) is 14.0. The number of amides is 1. The number of Topliss-reactive ketones (excluding diaryl/α,β-unsaturated/α-hetero) is 1. The minimum Gasteiger partial charge on any atom is -0.450 e. The molecule has 0 atom stereocenters. The van der Waals surface area contributed by atoms with E-state index in [1.54, 1.807) is 6.92 Å². The van der Waals surface area contributed by atoms with E-state index in [0.29, 0.717) is 0 Å². The number of halogens is 3. The minimum atomic E-state index is -4.54. The molecule has 0 radical (unpaired) electrons. The summed E-state index contributed by atoms with van der Waals surface area (Å²) in [7, 11) is 0. The lowest BCUT2D eigenvalue weighted by Crippen LogP contribution is -2.18. The summed E-state index contributed by atoms with van der Waals surface area (Å²) in [6.07, 6.45) is -5.41. The molecule has 4 N–H and O–H groups in total. The second-order valence-electron chi connectivity index (χ2n) is 5.74. The van der Waals surface area contributed by atoms with Crippen LogP contribution in [0.4, 0.5) is 41.0 Å². The van der Waals surface area contributed by atoms with Crippen molar-refractivity contribution in [2.24, 2.45) is 0 Å². The molecule has 0 fully saturated rings. The molecular formula is C17H16F3N5O5. The van der Waals surface area contributed by atoms with Crippen molar-refractivity contribution in [3.05, 3.63) is 51.6 Å². The molecule has 0 bridgehead atoms. The van der Waals surface area contributed by atoms with Gasteiger partial charge in [0, 0.05) is 11.6 Å². The number of carbonyl (C=O) groups is 2. The molecule has 1 aromatic carbocycles. The Kier molecular flexibility index (Phi) is 6.77. The summed E-state index contributed by atoms with van der Waals surface area (Å²) < 4.78 is 42.5. The Labute approximate surface area is 167 Å². The first kappa shape index (κ1) is 22.4. The van der Waals surface area contributed by atoms with E-state index in [9.17, 15) is 32.9 Å². The van der Waals surface area contributed by atoms with Gasteiger partial charge in [0.15, 0.2) is 5.78 Å². The van der Waals surface area contributed by atoms with Crippen molar-refractivity contribution in [2.45, 2.75) is 13.1 Å². The minimum absolute atomic E-state index is 0.0370. The first-order valence-electron chi connectivity index (χ1n) is 8.36. The van der Waals surface area contributed by atoms with E-state index in [-0.39, 0.29) is 23.7 Å². The maximum absolute atomic E-state index is 12.6. The highest BCUT2D eigenvalue weighted by atomic mass is 19.4. The first-order valence-corrected chi connectivity index (χ1v) is 8.36. The Morgan fingerprint density at radius 2 is 1.90 bits per heavy atom. The van der Waals surface area contributed by atoms with Gasteiger partial charge in [-0.15, -0.1) is 0 Å². The van der Waals surface area contributed by atoms with Gasteiger partial charge in [-0.3, -0.25) is 20.2 Å². The van der Waals surface area contributed by atoms with Crippen molar-refractivity contribution in [1.29, 1.82) is 0 Å². The standard InChI is InChI=1S/C17H16F3N5O5/c1-2-30-16(27)24-13-7-11(14(25(28)29)15(21)23-13)22-8-12(26)9-3-5-10(6-4-9)17(18,19)20/h3-7H,2,8H2,1H3,(H4,21,22,23,24,27). The van der Waals surface area contributed by atoms with Crippen LogP contribution in [-0.2, 0) is 10.9 Å². The number of ketones is 1. The van der Waals surface area contributed by atoms with Crippen molar-refractivity contribution >= 4 is 34.9 Å². The molecule has 0 aliphatic carbocycles. The van der Waals surface area contributed by atoms with Gasteiger partial charge in [-0.2, -0.15) is 13.2 Å². The molecule has 160 valence electrons. The molecule has 2 aromatic rings. The highest BCUT2D eigenvalue weighted by Gasteiger charge is 2.30. The molecule has 1 heterocycles. The number of ether oxygens (including phenoxy) is 1. The van der Waals surface area contributed by atoms with Crippen LogP contribution in [0.1, 0.15) is 22.8 Å². The Bertz CT molecular complexity index is 963. The number of nitrogens with one attached hydrogen (secondary N) is 2. The van der Waals surface area contributed by atoms with E-state index in [2.05, 4.69) is 20.4 Å². The van der Waals surface area contributed by atoms with Gasteiger partial charge in [0.2, 0.25) is 5.82 Å². The lowest BCUT2D eigenvalue weighted by molar-refractivity contribution is -0.383. The number of hydrogen-bond donors (Lipinski definition) is 3. The van der Waals surface area contributed by atoms with Crippen LogP contribution in [0.15, 0.2) is 30.3 Å². The predicted octanol–water partition coefficient (Wildman–Crippen LogP) is 3.45. The SMILES string of the molecule is CCOC(=O)Nc1cc(NCC(=O)c2ccc(C(F)(F)F)cc2)c([N+](=O)[O-])c(N)n1. The Hall–Kier alpha value is -3.90. The number of nitrogens with zero attached hydrogens (tertiary/aromatic N) is 2. The van der Waals surface area contributed by atoms with E-state index >= 15 is 0 Å². The van der Waals surface area contributed by atoms with Gasteiger partial charge in [-0.05, 0) is 19.1 Å². The fraction of sp³-hybridized carbons (Fsp3) is 0.235. The van der Waals surface area contributed by atoms with E-state index in [4.69, 9.17) is 5.73 Å². The van der Waals surface area contributed by atoms with Crippen molar-refractivity contribution < 1.29 is 32.4 Å². The van der Waals surface area contributed by atoms with E-state index < -0.39 is 46.6 Å². The molecule has 10 nitrogen and oxygen atoms in total. The highest BCUT2D eigenvalue weighted by Crippen LogP contribution is 2.32. The summed E-state index contributed by atoms with van der Waals surface area (Å²) in [5.41, 5.74) is 3.76.